The van der Waals surface area contributed by atoms with E-state index in [4.69, 9.17) is 9.84 Å². The van der Waals surface area contributed by atoms with Gasteiger partial charge in [0.25, 0.3) is 0 Å². The molecule has 0 aliphatic heterocycles. The molecule has 0 atom stereocenters. The van der Waals surface area contributed by atoms with E-state index in [1.54, 1.807) is 6.07 Å². The van der Waals surface area contributed by atoms with E-state index in [9.17, 15) is 14.7 Å². The maximum Gasteiger partial charge on any atom is 0.303 e. The number of benzene rings is 1. The van der Waals surface area contributed by atoms with Crippen LogP contribution in [-0.4, -0.2) is 28.6 Å². The third-order valence-electron chi connectivity index (χ3n) is 2.42. The summed E-state index contributed by atoms with van der Waals surface area (Å²) in [5, 5.41) is 18.2. The summed E-state index contributed by atoms with van der Waals surface area (Å²) >= 11 is 0. The summed E-state index contributed by atoms with van der Waals surface area (Å²) in [7, 11) is 0. The van der Waals surface area contributed by atoms with Gasteiger partial charge in [-0.25, -0.2) is 0 Å². The number of carboxylic acid groups (broad SMARTS) is 1. The first kappa shape index (κ1) is 15.0. The quantitative estimate of drug-likeness (QED) is 0.741. The van der Waals surface area contributed by atoms with Crippen molar-refractivity contribution < 1.29 is 24.5 Å². The molecule has 0 unspecified atom stereocenters. The molecule has 1 aromatic rings. The van der Waals surface area contributed by atoms with Crippen LogP contribution in [0.25, 0.3) is 0 Å². The SMILES string of the molecule is CC(C)COc1ccc(O)c(C(=O)CCC(=O)O)c1. The number of carbonyl (C=O) groups excluding carboxylic acids is 1. The van der Waals surface area contributed by atoms with Crippen molar-refractivity contribution in [2.24, 2.45) is 5.92 Å². The van der Waals surface area contributed by atoms with Gasteiger partial charge in [0.15, 0.2) is 5.78 Å². The summed E-state index contributed by atoms with van der Waals surface area (Å²) in [5.74, 6) is -0.771. The number of rotatable bonds is 7. The topological polar surface area (TPSA) is 83.8 Å². The number of hydrogen-bond acceptors (Lipinski definition) is 4. The average Bonchev–Trinajstić information content (AvgIpc) is 2.34. The number of ketones is 1. The Labute approximate surface area is 111 Å². The Morgan fingerprint density at radius 2 is 1.95 bits per heavy atom. The molecule has 0 bridgehead atoms. The van der Waals surface area contributed by atoms with Crippen LogP contribution in [0.4, 0.5) is 0 Å². The Bertz CT molecular complexity index is 465. The number of carbonyl (C=O) groups is 2. The van der Waals surface area contributed by atoms with Gasteiger partial charge in [-0.05, 0) is 24.1 Å². The van der Waals surface area contributed by atoms with E-state index in [0.717, 1.165) is 0 Å². The van der Waals surface area contributed by atoms with E-state index < -0.39 is 11.8 Å². The largest absolute Gasteiger partial charge is 0.507 e. The molecule has 0 aliphatic rings. The van der Waals surface area contributed by atoms with Crippen LogP contribution in [0.15, 0.2) is 18.2 Å². The van der Waals surface area contributed by atoms with Crippen molar-refractivity contribution in [3.8, 4) is 11.5 Å². The van der Waals surface area contributed by atoms with Gasteiger partial charge in [0.1, 0.15) is 11.5 Å². The van der Waals surface area contributed by atoms with Gasteiger partial charge in [-0.1, -0.05) is 13.8 Å². The highest BCUT2D eigenvalue weighted by atomic mass is 16.5. The molecule has 104 valence electrons. The Hall–Kier alpha value is -2.04. The molecular formula is C14H18O5. The second kappa shape index (κ2) is 6.78. The Balaban J connectivity index is 2.78. The fraction of sp³-hybridized carbons (Fsp3) is 0.429. The maximum absolute atomic E-state index is 11.8. The van der Waals surface area contributed by atoms with Crippen molar-refractivity contribution in [2.75, 3.05) is 6.61 Å². The molecule has 0 spiro atoms. The Morgan fingerprint density at radius 1 is 1.26 bits per heavy atom. The van der Waals surface area contributed by atoms with Crippen LogP contribution in [0.1, 0.15) is 37.0 Å². The predicted molar refractivity (Wildman–Crippen MR) is 69.6 cm³/mol. The number of phenols is 1. The number of aromatic hydroxyl groups is 1. The van der Waals surface area contributed by atoms with Crippen LogP contribution in [0.2, 0.25) is 0 Å². The van der Waals surface area contributed by atoms with Crippen LogP contribution in [-0.2, 0) is 4.79 Å². The van der Waals surface area contributed by atoms with E-state index in [1.807, 2.05) is 13.8 Å². The first-order valence-corrected chi connectivity index (χ1v) is 6.11. The lowest BCUT2D eigenvalue weighted by atomic mass is 10.1. The molecule has 0 saturated heterocycles. The first-order chi connectivity index (χ1) is 8.90. The highest BCUT2D eigenvalue weighted by Crippen LogP contribution is 2.25. The van der Waals surface area contributed by atoms with Crippen LogP contribution in [0.3, 0.4) is 0 Å². The zero-order valence-electron chi connectivity index (χ0n) is 11.0. The zero-order chi connectivity index (χ0) is 14.4. The first-order valence-electron chi connectivity index (χ1n) is 6.11. The molecule has 0 fully saturated rings. The smallest absolute Gasteiger partial charge is 0.303 e. The molecular weight excluding hydrogens is 248 g/mol. The van der Waals surface area contributed by atoms with Gasteiger partial charge in [0.05, 0.1) is 18.6 Å². The van der Waals surface area contributed by atoms with Gasteiger partial charge >= 0.3 is 5.97 Å². The number of ether oxygens (including phenoxy) is 1. The number of aliphatic carboxylic acids is 1. The second-order valence-electron chi connectivity index (χ2n) is 4.70. The standard InChI is InChI=1S/C14H18O5/c1-9(2)8-19-10-3-4-12(15)11(7-10)13(16)5-6-14(17)18/h3-4,7,9,15H,5-6,8H2,1-2H3,(H,17,18). The summed E-state index contributed by atoms with van der Waals surface area (Å²) in [6.45, 7) is 4.51. The fourth-order valence-electron chi connectivity index (χ4n) is 1.45. The molecule has 5 nitrogen and oxygen atoms in total. The van der Waals surface area contributed by atoms with Crippen LogP contribution >= 0.6 is 0 Å². The van der Waals surface area contributed by atoms with Gasteiger partial charge in [-0.15, -0.1) is 0 Å². The summed E-state index contributed by atoms with van der Waals surface area (Å²) in [5.41, 5.74) is 0.0995. The summed E-state index contributed by atoms with van der Waals surface area (Å²) < 4.78 is 5.46. The molecule has 0 heterocycles. The molecule has 0 aromatic heterocycles. The normalized spacial score (nSPS) is 10.5. The minimum Gasteiger partial charge on any atom is -0.507 e. The van der Waals surface area contributed by atoms with Gasteiger partial charge in [0.2, 0.25) is 0 Å². The average molecular weight is 266 g/mol. The summed E-state index contributed by atoms with van der Waals surface area (Å²) in [6, 6.07) is 4.40. The lowest BCUT2D eigenvalue weighted by Gasteiger charge is -2.10. The zero-order valence-corrected chi connectivity index (χ0v) is 11.0. The molecule has 2 N–H and O–H groups in total. The second-order valence-corrected chi connectivity index (χ2v) is 4.70. The number of hydrogen-bond donors (Lipinski definition) is 2. The molecule has 0 aliphatic carbocycles. The van der Waals surface area contributed by atoms with Crippen LogP contribution in [0, 0.1) is 5.92 Å². The molecule has 1 aromatic carbocycles. The van der Waals surface area contributed by atoms with Crippen molar-refractivity contribution in [2.45, 2.75) is 26.7 Å². The van der Waals surface area contributed by atoms with Gasteiger partial charge in [0, 0.05) is 6.42 Å². The number of phenolic OH excluding ortho intramolecular Hbond substituents is 1. The molecule has 0 saturated carbocycles. The predicted octanol–water partition coefficient (Wildman–Crippen LogP) is 2.47. The van der Waals surface area contributed by atoms with E-state index in [1.165, 1.54) is 12.1 Å². The van der Waals surface area contributed by atoms with E-state index in [-0.39, 0.29) is 24.2 Å². The van der Waals surface area contributed by atoms with Gasteiger partial charge in [-0.3, -0.25) is 9.59 Å². The van der Waals surface area contributed by atoms with Crippen molar-refractivity contribution in [3.63, 3.8) is 0 Å². The highest BCUT2D eigenvalue weighted by molar-refractivity contribution is 6.00. The van der Waals surface area contributed by atoms with Crippen molar-refractivity contribution in [1.29, 1.82) is 0 Å². The van der Waals surface area contributed by atoms with E-state index >= 15 is 0 Å². The number of Topliss-reactive ketones (excluding diaryl/α,β-unsaturated/α-hetero) is 1. The van der Waals surface area contributed by atoms with Crippen molar-refractivity contribution in [1.82, 2.24) is 0 Å². The Kier molecular flexibility index (Phi) is 5.36. The highest BCUT2D eigenvalue weighted by Gasteiger charge is 2.14. The fourth-order valence-corrected chi connectivity index (χ4v) is 1.45. The third kappa shape index (κ3) is 4.99. The molecule has 0 radical (unpaired) electrons. The van der Waals surface area contributed by atoms with Crippen molar-refractivity contribution >= 4 is 11.8 Å². The molecule has 19 heavy (non-hydrogen) atoms. The minimum atomic E-state index is -1.04. The molecule has 5 heteroatoms. The van der Waals surface area contributed by atoms with Crippen LogP contribution < -0.4 is 4.74 Å². The van der Waals surface area contributed by atoms with Gasteiger partial charge in [-0.2, -0.15) is 0 Å². The lowest BCUT2D eigenvalue weighted by molar-refractivity contribution is -0.136. The van der Waals surface area contributed by atoms with Crippen LogP contribution in [0.5, 0.6) is 11.5 Å². The minimum absolute atomic E-state index is 0.0995. The van der Waals surface area contributed by atoms with Gasteiger partial charge < -0.3 is 14.9 Å². The summed E-state index contributed by atoms with van der Waals surface area (Å²) in [4.78, 5) is 22.2. The molecule has 1 rings (SSSR count). The number of carboxylic acids is 1. The Morgan fingerprint density at radius 3 is 2.53 bits per heavy atom. The van der Waals surface area contributed by atoms with E-state index in [2.05, 4.69) is 0 Å². The lowest BCUT2D eigenvalue weighted by Crippen LogP contribution is -2.07. The summed E-state index contributed by atoms with van der Waals surface area (Å²) in [6.07, 6.45) is -0.397. The monoisotopic (exact) mass is 266 g/mol. The third-order valence-corrected chi connectivity index (χ3v) is 2.42. The molecule has 0 amide bonds. The maximum atomic E-state index is 11.8. The van der Waals surface area contributed by atoms with Crippen molar-refractivity contribution in [3.05, 3.63) is 23.8 Å². The van der Waals surface area contributed by atoms with E-state index in [0.29, 0.717) is 18.3 Å².